The Labute approximate surface area is 152 Å². The third-order valence-electron chi connectivity index (χ3n) is 3.34. The zero-order chi connectivity index (χ0) is 19.3. The zero-order valence-electron chi connectivity index (χ0n) is 14.6. The van der Waals surface area contributed by atoms with E-state index in [9.17, 15) is 13.2 Å². The van der Waals surface area contributed by atoms with E-state index in [2.05, 4.69) is 0 Å². The second-order valence-corrected chi connectivity index (χ2v) is 7.84. The first-order valence-corrected chi connectivity index (χ1v) is 9.51. The molecular weight excluding hydrogens is 352 g/mol. The van der Waals surface area contributed by atoms with Crippen molar-refractivity contribution in [1.82, 2.24) is 4.90 Å². The standard InChI is InChI=1S/C19H18N2O4S/c1-21(2)13-15(12-20)19(22)14-5-4-6-17(11-14)25-16-7-9-18(10-8-16)26(3,23)24/h4-11,13H,1-3H3/b15-13+. The van der Waals surface area contributed by atoms with Crippen molar-refractivity contribution in [3.8, 4) is 17.6 Å². The van der Waals surface area contributed by atoms with Gasteiger partial charge in [0.05, 0.1) is 4.90 Å². The van der Waals surface area contributed by atoms with Crippen LogP contribution in [0.15, 0.2) is 65.2 Å². The fourth-order valence-electron chi connectivity index (χ4n) is 2.14. The summed E-state index contributed by atoms with van der Waals surface area (Å²) in [6.45, 7) is 0. The zero-order valence-corrected chi connectivity index (χ0v) is 15.4. The van der Waals surface area contributed by atoms with Crippen LogP contribution < -0.4 is 4.74 Å². The number of ketones is 1. The van der Waals surface area contributed by atoms with Crippen LogP contribution in [-0.2, 0) is 9.84 Å². The molecule has 0 aliphatic carbocycles. The third-order valence-corrected chi connectivity index (χ3v) is 4.46. The summed E-state index contributed by atoms with van der Waals surface area (Å²) in [5, 5.41) is 9.16. The van der Waals surface area contributed by atoms with Gasteiger partial charge in [-0.2, -0.15) is 5.26 Å². The van der Waals surface area contributed by atoms with Gasteiger partial charge in [-0.1, -0.05) is 12.1 Å². The van der Waals surface area contributed by atoms with Gasteiger partial charge in [0.2, 0.25) is 5.78 Å². The highest BCUT2D eigenvalue weighted by atomic mass is 32.2. The Hall–Kier alpha value is -3.11. The van der Waals surface area contributed by atoms with Crippen LogP contribution in [0.3, 0.4) is 0 Å². The van der Waals surface area contributed by atoms with E-state index in [1.165, 1.54) is 36.5 Å². The molecule has 0 amide bonds. The molecule has 0 bridgehead atoms. The number of carbonyl (C=O) groups excluding carboxylic acids is 1. The number of ether oxygens (including phenoxy) is 1. The predicted octanol–water partition coefficient (Wildman–Crippen LogP) is 3.03. The molecule has 2 aromatic rings. The summed E-state index contributed by atoms with van der Waals surface area (Å²) in [5.41, 5.74) is 0.342. The first kappa shape index (κ1) is 19.2. The van der Waals surface area contributed by atoms with Gasteiger partial charge in [-0.15, -0.1) is 0 Å². The van der Waals surface area contributed by atoms with Crippen LogP contribution in [0.5, 0.6) is 11.5 Å². The minimum absolute atomic E-state index is 0.0182. The number of benzene rings is 2. The normalized spacial score (nSPS) is 11.5. The van der Waals surface area contributed by atoms with E-state index in [4.69, 9.17) is 10.00 Å². The van der Waals surface area contributed by atoms with E-state index in [0.29, 0.717) is 17.1 Å². The van der Waals surface area contributed by atoms with Crippen molar-refractivity contribution in [3.05, 3.63) is 65.9 Å². The number of hydrogen-bond donors (Lipinski definition) is 0. The van der Waals surface area contributed by atoms with E-state index >= 15 is 0 Å². The molecule has 0 heterocycles. The molecule has 0 unspecified atom stereocenters. The van der Waals surface area contributed by atoms with Crippen molar-refractivity contribution in [1.29, 1.82) is 5.26 Å². The van der Waals surface area contributed by atoms with Gasteiger partial charge in [-0.25, -0.2) is 8.42 Å². The largest absolute Gasteiger partial charge is 0.457 e. The van der Waals surface area contributed by atoms with E-state index in [-0.39, 0.29) is 10.5 Å². The Morgan fingerprint density at radius 1 is 1.12 bits per heavy atom. The van der Waals surface area contributed by atoms with Gasteiger partial charge in [0.1, 0.15) is 23.1 Å². The average molecular weight is 370 g/mol. The molecular formula is C19H18N2O4S. The summed E-state index contributed by atoms with van der Waals surface area (Å²) >= 11 is 0. The smallest absolute Gasteiger partial charge is 0.205 e. The van der Waals surface area contributed by atoms with Crippen LogP contribution >= 0.6 is 0 Å². The lowest BCUT2D eigenvalue weighted by atomic mass is 10.0. The molecule has 0 N–H and O–H groups in total. The molecule has 0 atom stereocenters. The second-order valence-electron chi connectivity index (χ2n) is 5.82. The number of sulfone groups is 1. The maximum absolute atomic E-state index is 12.4. The Morgan fingerprint density at radius 2 is 1.77 bits per heavy atom. The molecule has 2 aromatic carbocycles. The van der Waals surface area contributed by atoms with Gasteiger partial charge in [0.25, 0.3) is 0 Å². The topological polar surface area (TPSA) is 87.5 Å². The second kappa shape index (κ2) is 7.85. The minimum Gasteiger partial charge on any atom is -0.457 e. The Kier molecular flexibility index (Phi) is 5.80. The van der Waals surface area contributed by atoms with Crippen molar-refractivity contribution in [2.75, 3.05) is 20.4 Å². The van der Waals surface area contributed by atoms with Crippen LogP contribution in [0, 0.1) is 11.3 Å². The first-order chi connectivity index (χ1) is 12.2. The molecule has 0 radical (unpaired) electrons. The van der Waals surface area contributed by atoms with E-state index in [0.717, 1.165) is 6.26 Å². The van der Waals surface area contributed by atoms with Gasteiger partial charge in [0.15, 0.2) is 9.84 Å². The summed E-state index contributed by atoms with van der Waals surface area (Å²) in [4.78, 5) is 14.3. The number of Topliss-reactive ketones (excluding diaryl/α,β-unsaturated/α-hetero) is 1. The fourth-order valence-corrected chi connectivity index (χ4v) is 2.77. The van der Waals surface area contributed by atoms with Crippen LogP contribution in [0.2, 0.25) is 0 Å². The van der Waals surface area contributed by atoms with Crippen molar-refractivity contribution < 1.29 is 17.9 Å². The Balaban J connectivity index is 2.24. The quantitative estimate of drug-likeness (QED) is 0.441. The van der Waals surface area contributed by atoms with E-state index in [1.807, 2.05) is 6.07 Å². The molecule has 2 rings (SSSR count). The fraction of sp³-hybridized carbons (Fsp3) is 0.158. The monoisotopic (exact) mass is 370 g/mol. The molecule has 134 valence electrons. The molecule has 0 saturated heterocycles. The summed E-state index contributed by atoms with van der Waals surface area (Å²) in [6, 6.07) is 14.3. The summed E-state index contributed by atoms with van der Waals surface area (Å²) in [7, 11) is 0.179. The number of nitriles is 1. The number of allylic oxidation sites excluding steroid dienone is 1. The Morgan fingerprint density at radius 3 is 2.31 bits per heavy atom. The number of nitrogens with zero attached hydrogens (tertiary/aromatic N) is 2. The van der Waals surface area contributed by atoms with Crippen LogP contribution in [-0.4, -0.2) is 39.5 Å². The van der Waals surface area contributed by atoms with Crippen molar-refractivity contribution in [2.24, 2.45) is 0 Å². The number of rotatable bonds is 6. The highest BCUT2D eigenvalue weighted by Crippen LogP contribution is 2.24. The van der Waals surface area contributed by atoms with Gasteiger partial charge in [-0.05, 0) is 36.4 Å². The number of carbonyl (C=O) groups is 1. The molecule has 6 nitrogen and oxygen atoms in total. The van der Waals surface area contributed by atoms with Gasteiger partial charge in [0, 0.05) is 32.1 Å². The highest BCUT2D eigenvalue weighted by Gasteiger charge is 2.14. The first-order valence-electron chi connectivity index (χ1n) is 7.62. The van der Waals surface area contributed by atoms with Gasteiger partial charge in [-0.3, -0.25) is 4.79 Å². The maximum Gasteiger partial charge on any atom is 0.205 e. The van der Waals surface area contributed by atoms with Crippen molar-refractivity contribution in [2.45, 2.75) is 4.90 Å². The average Bonchev–Trinajstić information content (AvgIpc) is 2.59. The molecule has 7 heteroatoms. The molecule has 0 saturated carbocycles. The molecule has 0 spiro atoms. The molecule has 26 heavy (non-hydrogen) atoms. The number of hydrogen-bond acceptors (Lipinski definition) is 6. The SMILES string of the molecule is CN(C)/C=C(\C#N)C(=O)c1cccc(Oc2ccc(S(C)(=O)=O)cc2)c1. The lowest BCUT2D eigenvalue weighted by Crippen LogP contribution is -2.08. The maximum atomic E-state index is 12.4. The van der Waals surface area contributed by atoms with Crippen molar-refractivity contribution >= 4 is 15.6 Å². The Bertz CT molecular complexity index is 985. The van der Waals surface area contributed by atoms with Crippen molar-refractivity contribution in [3.63, 3.8) is 0 Å². The summed E-state index contributed by atoms with van der Waals surface area (Å²) in [5.74, 6) is 0.440. The minimum atomic E-state index is -3.27. The van der Waals surface area contributed by atoms with Crippen LogP contribution in [0.1, 0.15) is 10.4 Å². The molecule has 0 aliphatic rings. The molecule has 0 aromatic heterocycles. The molecule has 0 aliphatic heterocycles. The highest BCUT2D eigenvalue weighted by molar-refractivity contribution is 7.90. The van der Waals surface area contributed by atoms with Crippen LogP contribution in [0.4, 0.5) is 0 Å². The van der Waals surface area contributed by atoms with E-state index in [1.54, 1.807) is 37.2 Å². The summed E-state index contributed by atoms with van der Waals surface area (Å²) in [6.07, 6.45) is 2.59. The van der Waals surface area contributed by atoms with Crippen LogP contribution in [0.25, 0.3) is 0 Å². The lowest BCUT2D eigenvalue weighted by molar-refractivity contribution is 0.103. The van der Waals surface area contributed by atoms with Gasteiger partial charge < -0.3 is 9.64 Å². The summed E-state index contributed by atoms with van der Waals surface area (Å²) < 4.78 is 28.6. The van der Waals surface area contributed by atoms with E-state index < -0.39 is 15.6 Å². The third kappa shape index (κ3) is 4.94. The molecule has 0 fully saturated rings. The van der Waals surface area contributed by atoms with Gasteiger partial charge >= 0.3 is 0 Å². The predicted molar refractivity (Wildman–Crippen MR) is 97.8 cm³/mol. The lowest BCUT2D eigenvalue weighted by Gasteiger charge is -2.09.